The standard InChI is InChI=1S/C20H15N3O4/c24-19(13-10-15-6-3-5-14-4-1-2-7-18(14)15)21-22-20(25)16-8-11-17(12-9-16)23(26)27/h1-13H,(H,21,24)(H,22,25). The lowest BCUT2D eigenvalue weighted by Crippen LogP contribution is -2.40. The summed E-state index contributed by atoms with van der Waals surface area (Å²) in [5.41, 5.74) is 5.49. The number of benzene rings is 3. The van der Waals surface area contributed by atoms with Gasteiger partial charge >= 0.3 is 0 Å². The van der Waals surface area contributed by atoms with E-state index < -0.39 is 16.7 Å². The van der Waals surface area contributed by atoms with Gasteiger partial charge in [-0.15, -0.1) is 0 Å². The number of nitrogens with zero attached hydrogens (tertiary/aromatic N) is 1. The summed E-state index contributed by atoms with van der Waals surface area (Å²) in [6.07, 6.45) is 2.98. The van der Waals surface area contributed by atoms with Gasteiger partial charge in [-0.05, 0) is 34.5 Å². The molecule has 7 heteroatoms. The van der Waals surface area contributed by atoms with Gasteiger partial charge < -0.3 is 0 Å². The van der Waals surface area contributed by atoms with Gasteiger partial charge in [-0.25, -0.2) is 0 Å². The lowest BCUT2D eigenvalue weighted by Gasteiger charge is -2.05. The number of hydrogen-bond donors (Lipinski definition) is 2. The van der Waals surface area contributed by atoms with Crippen molar-refractivity contribution in [2.24, 2.45) is 0 Å². The summed E-state index contributed by atoms with van der Waals surface area (Å²) in [5, 5.41) is 12.7. The van der Waals surface area contributed by atoms with Crippen molar-refractivity contribution in [2.45, 2.75) is 0 Å². The maximum atomic E-state index is 12.0. The fraction of sp³-hybridized carbons (Fsp3) is 0. The van der Waals surface area contributed by atoms with Crippen LogP contribution in [0, 0.1) is 10.1 Å². The summed E-state index contributed by atoms with van der Waals surface area (Å²) < 4.78 is 0. The van der Waals surface area contributed by atoms with E-state index in [1.54, 1.807) is 6.08 Å². The van der Waals surface area contributed by atoms with Gasteiger partial charge in [0.05, 0.1) is 4.92 Å². The lowest BCUT2D eigenvalue weighted by molar-refractivity contribution is -0.384. The molecule has 0 saturated heterocycles. The summed E-state index contributed by atoms with van der Waals surface area (Å²) in [5.74, 6) is -1.07. The van der Waals surface area contributed by atoms with E-state index in [1.807, 2.05) is 42.5 Å². The Morgan fingerprint density at radius 2 is 1.59 bits per heavy atom. The van der Waals surface area contributed by atoms with E-state index in [2.05, 4.69) is 10.9 Å². The SMILES string of the molecule is O=C(C=Cc1cccc2ccccc12)NNC(=O)c1ccc([N+](=O)[O-])cc1. The average Bonchev–Trinajstić information content (AvgIpc) is 2.70. The third-order valence-corrected chi connectivity index (χ3v) is 3.88. The van der Waals surface area contributed by atoms with Gasteiger partial charge in [0.25, 0.3) is 17.5 Å². The first kappa shape index (κ1) is 17.8. The molecule has 0 spiro atoms. The summed E-state index contributed by atoms with van der Waals surface area (Å²) in [6, 6.07) is 18.6. The molecule has 7 nitrogen and oxygen atoms in total. The van der Waals surface area contributed by atoms with Crippen LogP contribution in [0.25, 0.3) is 16.8 Å². The molecule has 0 bridgehead atoms. The van der Waals surface area contributed by atoms with Crippen molar-refractivity contribution in [1.82, 2.24) is 10.9 Å². The van der Waals surface area contributed by atoms with Gasteiger partial charge in [0.1, 0.15) is 0 Å². The fourth-order valence-corrected chi connectivity index (χ4v) is 2.53. The Morgan fingerprint density at radius 3 is 2.33 bits per heavy atom. The van der Waals surface area contributed by atoms with Crippen molar-refractivity contribution < 1.29 is 14.5 Å². The van der Waals surface area contributed by atoms with E-state index >= 15 is 0 Å². The molecule has 0 atom stereocenters. The van der Waals surface area contributed by atoms with Crippen LogP contribution in [-0.4, -0.2) is 16.7 Å². The van der Waals surface area contributed by atoms with Crippen molar-refractivity contribution in [3.05, 3.63) is 94.0 Å². The Labute approximate surface area is 154 Å². The molecule has 0 heterocycles. The number of hydrogen-bond acceptors (Lipinski definition) is 4. The van der Waals surface area contributed by atoms with Crippen LogP contribution >= 0.6 is 0 Å². The minimum atomic E-state index is -0.572. The Morgan fingerprint density at radius 1 is 0.889 bits per heavy atom. The minimum Gasteiger partial charge on any atom is -0.268 e. The van der Waals surface area contributed by atoms with E-state index in [0.29, 0.717) is 0 Å². The Balaban J connectivity index is 1.61. The van der Waals surface area contributed by atoms with Gasteiger partial charge in [-0.3, -0.25) is 30.6 Å². The largest absolute Gasteiger partial charge is 0.269 e. The number of carbonyl (C=O) groups excluding carboxylic acids is 2. The number of rotatable bonds is 4. The number of nitro benzene ring substituents is 1. The molecule has 2 N–H and O–H groups in total. The first-order valence-corrected chi connectivity index (χ1v) is 8.05. The monoisotopic (exact) mass is 361 g/mol. The number of hydrazine groups is 1. The van der Waals surface area contributed by atoms with E-state index in [4.69, 9.17) is 0 Å². The third kappa shape index (κ3) is 4.35. The quantitative estimate of drug-likeness (QED) is 0.423. The van der Waals surface area contributed by atoms with Crippen LogP contribution in [0.15, 0.2) is 72.8 Å². The molecule has 27 heavy (non-hydrogen) atoms. The van der Waals surface area contributed by atoms with E-state index in [9.17, 15) is 19.7 Å². The van der Waals surface area contributed by atoms with Crippen LogP contribution in [0.4, 0.5) is 5.69 Å². The van der Waals surface area contributed by atoms with Crippen molar-refractivity contribution in [3.8, 4) is 0 Å². The molecule has 134 valence electrons. The van der Waals surface area contributed by atoms with Gasteiger partial charge in [-0.2, -0.15) is 0 Å². The number of non-ortho nitro benzene ring substituents is 1. The molecule has 0 radical (unpaired) electrons. The van der Waals surface area contributed by atoms with Crippen LogP contribution in [0.5, 0.6) is 0 Å². The topological polar surface area (TPSA) is 101 Å². The predicted molar refractivity (Wildman–Crippen MR) is 102 cm³/mol. The second-order valence-corrected chi connectivity index (χ2v) is 5.65. The van der Waals surface area contributed by atoms with Crippen LogP contribution in [0.2, 0.25) is 0 Å². The fourth-order valence-electron chi connectivity index (χ4n) is 2.53. The molecule has 0 aliphatic heterocycles. The predicted octanol–water partition coefficient (Wildman–Crippen LogP) is 3.22. The number of amides is 2. The van der Waals surface area contributed by atoms with E-state index in [1.165, 1.54) is 30.3 Å². The van der Waals surface area contributed by atoms with Gasteiger partial charge in [-0.1, -0.05) is 42.5 Å². The molecule has 0 aliphatic rings. The number of carbonyl (C=O) groups is 2. The van der Waals surface area contributed by atoms with Crippen LogP contribution in [0.1, 0.15) is 15.9 Å². The molecule has 0 saturated carbocycles. The highest BCUT2D eigenvalue weighted by molar-refractivity contribution is 5.99. The van der Waals surface area contributed by atoms with Crippen LogP contribution in [-0.2, 0) is 4.79 Å². The second-order valence-electron chi connectivity index (χ2n) is 5.65. The third-order valence-electron chi connectivity index (χ3n) is 3.88. The van der Waals surface area contributed by atoms with Gasteiger partial charge in [0.15, 0.2) is 0 Å². The molecule has 3 aromatic rings. The molecule has 0 aliphatic carbocycles. The average molecular weight is 361 g/mol. The number of nitro groups is 1. The van der Waals surface area contributed by atoms with E-state index in [0.717, 1.165) is 16.3 Å². The minimum absolute atomic E-state index is 0.117. The summed E-state index contributed by atoms with van der Waals surface area (Å²) in [4.78, 5) is 33.9. The van der Waals surface area contributed by atoms with E-state index in [-0.39, 0.29) is 11.3 Å². The smallest absolute Gasteiger partial charge is 0.268 e. The maximum absolute atomic E-state index is 12.0. The van der Waals surface area contributed by atoms with Crippen LogP contribution < -0.4 is 10.9 Å². The molecule has 0 unspecified atom stereocenters. The second kappa shape index (κ2) is 7.92. The molecular formula is C20H15N3O4. The van der Waals surface area contributed by atoms with Gasteiger partial charge in [0.2, 0.25) is 0 Å². The van der Waals surface area contributed by atoms with Gasteiger partial charge in [0, 0.05) is 23.8 Å². The Bertz CT molecular complexity index is 1040. The van der Waals surface area contributed by atoms with Crippen molar-refractivity contribution in [3.63, 3.8) is 0 Å². The molecule has 3 rings (SSSR count). The zero-order valence-electron chi connectivity index (χ0n) is 14.1. The number of fused-ring (bicyclic) bond motifs is 1. The highest BCUT2D eigenvalue weighted by Gasteiger charge is 2.09. The molecule has 3 aromatic carbocycles. The maximum Gasteiger partial charge on any atom is 0.269 e. The van der Waals surface area contributed by atoms with Crippen LogP contribution in [0.3, 0.4) is 0 Å². The highest BCUT2D eigenvalue weighted by Crippen LogP contribution is 2.19. The zero-order valence-corrected chi connectivity index (χ0v) is 14.1. The summed E-state index contributed by atoms with van der Waals surface area (Å²) in [6.45, 7) is 0. The Hall–Kier alpha value is -4.00. The van der Waals surface area contributed by atoms with Crippen molar-refractivity contribution in [1.29, 1.82) is 0 Å². The van der Waals surface area contributed by atoms with Crippen molar-refractivity contribution >= 4 is 34.4 Å². The summed E-state index contributed by atoms with van der Waals surface area (Å²) in [7, 11) is 0. The first-order chi connectivity index (χ1) is 13.0. The molecule has 0 fully saturated rings. The Kier molecular flexibility index (Phi) is 5.22. The number of nitrogens with one attached hydrogen (secondary N) is 2. The zero-order chi connectivity index (χ0) is 19.2. The lowest BCUT2D eigenvalue weighted by atomic mass is 10.0. The highest BCUT2D eigenvalue weighted by atomic mass is 16.6. The molecule has 2 amide bonds. The van der Waals surface area contributed by atoms with Crippen molar-refractivity contribution in [2.75, 3.05) is 0 Å². The first-order valence-electron chi connectivity index (χ1n) is 8.05. The molecule has 0 aromatic heterocycles. The molecular weight excluding hydrogens is 346 g/mol. The summed E-state index contributed by atoms with van der Waals surface area (Å²) >= 11 is 0. The normalized spacial score (nSPS) is 10.7.